The van der Waals surface area contributed by atoms with Crippen LogP contribution >= 0.6 is 0 Å². The summed E-state index contributed by atoms with van der Waals surface area (Å²) >= 11 is 0. The van der Waals surface area contributed by atoms with E-state index in [-0.39, 0.29) is 12.3 Å². The number of hydrogen-bond acceptors (Lipinski definition) is 4. The minimum absolute atomic E-state index is 0.0132. The lowest BCUT2D eigenvalue weighted by atomic mass is 10.0. The van der Waals surface area contributed by atoms with Crippen molar-refractivity contribution in [3.63, 3.8) is 0 Å². The van der Waals surface area contributed by atoms with Crippen molar-refractivity contribution in [1.82, 2.24) is 4.72 Å². The van der Waals surface area contributed by atoms with E-state index in [1.165, 1.54) is 12.1 Å². The van der Waals surface area contributed by atoms with Crippen LogP contribution in [0.1, 0.15) is 11.1 Å². The van der Waals surface area contributed by atoms with Crippen LogP contribution in [-0.4, -0.2) is 8.42 Å². The summed E-state index contributed by atoms with van der Waals surface area (Å²) in [5.74, 6) is 0.342. The highest BCUT2D eigenvalue weighted by Gasteiger charge is 2.26. The van der Waals surface area contributed by atoms with E-state index >= 15 is 0 Å². The van der Waals surface area contributed by atoms with Crippen molar-refractivity contribution in [1.29, 1.82) is 0 Å². The van der Waals surface area contributed by atoms with Gasteiger partial charge in [0, 0.05) is 17.7 Å². The first-order valence-corrected chi connectivity index (χ1v) is 9.70. The van der Waals surface area contributed by atoms with E-state index in [1.807, 2.05) is 30.3 Å². The molecule has 3 aromatic rings. The van der Waals surface area contributed by atoms with Gasteiger partial charge in [0.25, 0.3) is 0 Å². The molecule has 0 aliphatic carbocycles. The largest absolute Gasteiger partial charge is 0.489 e. The van der Waals surface area contributed by atoms with Gasteiger partial charge < -0.3 is 8.92 Å². The minimum Gasteiger partial charge on any atom is -0.489 e. The molecule has 4 rings (SSSR count). The van der Waals surface area contributed by atoms with E-state index in [2.05, 4.69) is 4.72 Å². The molecule has 1 aliphatic heterocycles. The Kier molecular flexibility index (Phi) is 4.55. The first-order valence-electron chi connectivity index (χ1n) is 8.29. The second-order valence-electron chi connectivity index (χ2n) is 6.10. The van der Waals surface area contributed by atoms with Crippen molar-refractivity contribution in [2.75, 3.05) is 0 Å². The highest BCUT2D eigenvalue weighted by molar-refractivity contribution is 7.85. The summed E-state index contributed by atoms with van der Waals surface area (Å²) in [7, 11) is -3.88. The van der Waals surface area contributed by atoms with Gasteiger partial charge in [-0.25, -0.2) is 4.39 Å². The number of hydrogen-bond donors (Lipinski definition) is 1. The zero-order valence-electron chi connectivity index (χ0n) is 14.2. The topological polar surface area (TPSA) is 64.6 Å². The van der Waals surface area contributed by atoms with Crippen LogP contribution in [0.2, 0.25) is 0 Å². The molecule has 0 amide bonds. The molecule has 1 aliphatic rings. The lowest BCUT2D eigenvalue weighted by molar-refractivity contribution is 0.306. The van der Waals surface area contributed by atoms with Gasteiger partial charge >= 0.3 is 10.3 Å². The molecule has 0 aromatic heterocycles. The summed E-state index contributed by atoms with van der Waals surface area (Å²) in [6.07, 6.45) is 0. The van der Waals surface area contributed by atoms with E-state index in [0.717, 1.165) is 5.56 Å². The summed E-state index contributed by atoms with van der Waals surface area (Å²) in [6, 6.07) is 19.3. The van der Waals surface area contributed by atoms with Crippen molar-refractivity contribution >= 4 is 10.3 Å². The van der Waals surface area contributed by atoms with Gasteiger partial charge in [-0.15, -0.1) is 0 Å². The maximum Gasteiger partial charge on any atom is 0.382 e. The highest BCUT2D eigenvalue weighted by atomic mass is 32.2. The Morgan fingerprint density at radius 3 is 2.52 bits per heavy atom. The number of fused-ring (bicyclic) bond motifs is 1. The van der Waals surface area contributed by atoms with Crippen molar-refractivity contribution in [2.45, 2.75) is 13.2 Å². The fourth-order valence-corrected chi connectivity index (χ4v) is 3.68. The second-order valence-corrected chi connectivity index (χ2v) is 7.46. The van der Waals surface area contributed by atoms with E-state index in [0.29, 0.717) is 29.0 Å². The first-order chi connectivity index (χ1) is 13.0. The molecule has 3 aromatic carbocycles. The van der Waals surface area contributed by atoms with Crippen LogP contribution in [0, 0.1) is 5.82 Å². The molecule has 0 radical (unpaired) electrons. The predicted octanol–water partition coefficient (Wildman–Crippen LogP) is 3.80. The molecule has 0 saturated carbocycles. The molecule has 1 N–H and O–H groups in total. The van der Waals surface area contributed by atoms with Crippen molar-refractivity contribution in [2.24, 2.45) is 0 Å². The zero-order chi connectivity index (χ0) is 18.9. The lowest BCUT2D eigenvalue weighted by Crippen LogP contribution is -2.32. The van der Waals surface area contributed by atoms with Gasteiger partial charge in [0.15, 0.2) is 5.75 Å². The molecular weight excluding hydrogens is 369 g/mol. The lowest BCUT2D eigenvalue weighted by Gasteiger charge is -2.21. The Bertz CT molecular complexity index is 1070. The molecule has 0 fully saturated rings. The van der Waals surface area contributed by atoms with Crippen LogP contribution < -0.4 is 13.6 Å². The van der Waals surface area contributed by atoms with Gasteiger partial charge in [0.05, 0.1) is 0 Å². The molecule has 138 valence electrons. The molecule has 0 spiro atoms. The molecule has 1 heterocycles. The molecule has 7 heteroatoms. The standard InChI is InChI=1S/C20H16FNO4S/c21-17-10-16-12-22-27(23,24)26-20(16)19(11-17)15-6-8-18(9-7-15)25-13-14-4-2-1-3-5-14/h1-11,22H,12-13H2. The van der Waals surface area contributed by atoms with E-state index < -0.39 is 16.1 Å². The number of benzene rings is 3. The smallest absolute Gasteiger partial charge is 0.382 e. The average Bonchev–Trinajstić information content (AvgIpc) is 2.67. The van der Waals surface area contributed by atoms with Gasteiger partial charge in [-0.3, -0.25) is 0 Å². The molecular formula is C20H16FNO4S. The second kappa shape index (κ2) is 7.02. The Balaban J connectivity index is 1.60. The van der Waals surface area contributed by atoms with Crippen molar-refractivity contribution < 1.29 is 21.7 Å². The maximum atomic E-state index is 14.0. The number of rotatable bonds is 4. The summed E-state index contributed by atoms with van der Waals surface area (Å²) < 4.78 is 50.4. The van der Waals surface area contributed by atoms with E-state index in [9.17, 15) is 12.8 Å². The molecule has 0 bridgehead atoms. The third-order valence-corrected chi connectivity index (χ3v) is 5.06. The summed E-state index contributed by atoms with van der Waals surface area (Å²) in [4.78, 5) is 0. The fraction of sp³-hybridized carbons (Fsp3) is 0.100. The molecule has 0 unspecified atom stereocenters. The maximum absolute atomic E-state index is 14.0. The summed E-state index contributed by atoms with van der Waals surface area (Å²) in [6.45, 7) is 0.420. The molecule has 5 nitrogen and oxygen atoms in total. The zero-order valence-corrected chi connectivity index (χ0v) is 15.0. The van der Waals surface area contributed by atoms with Gasteiger partial charge in [0.2, 0.25) is 0 Å². The monoisotopic (exact) mass is 385 g/mol. The van der Waals surface area contributed by atoms with Crippen LogP contribution in [0.4, 0.5) is 4.39 Å². The van der Waals surface area contributed by atoms with Crippen LogP contribution in [0.3, 0.4) is 0 Å². The average molecular weight is 385 g/mol. The van der Waals surface area contributed by atoms with E-state index in [4.69, 9.17) is 8.92 Å². The molecule has 0 saturated heterocycles. The fourth-order valence-electron chi connectivity index (χ4n) is 2.87. The number of ether oxygens (including phenoxy) is 1. The summed E-state index contributed by atoms with van der Waals surface area (Å²) in [5, 5.41) is 0. The van der Waals surface area contributed by atoms with Crippen LogP contribution in [0.15, 0.2) is 66.7 Å². The Labute approximate surface area is 156 Å². The Hall–Kier alpha value is -2.90. The van der Waals surface area contributed by atoms with E-state index in [1.54, 1.807) is 24.3 Å². The quantitative estimate of drug-likeness (QED) is 0.742. The number of nitrogens with one attached hydrogen (secondary N) is 1. The van der Waals surface area contributed by atoms with Crippen LogP contribution in [-0.2, 0) is 23.5 Å². The Morgan fingerprint density at radius 2 is 1.78 bits per heavy atom. The Morgan fingerprint density at radius 1 is 1.04 bits per heavy atom. The number of halogens is 1. The van der Waals surface area contributed by atoms with Crippen LogP contribution in [0.5, 0.6) is 11.5 Å². The summed E-state index contributed by atoms with van der Waals surface area (Å²) in [5.41, 5.74) is 2.51. The van der Waals surface area contributed by atoms with Crippen molar-refractivity contribution in [3.8, 4) is 22.6 Å². The van der Waals surface area contributed by atoms with Crippen molar-refractivity contribution in [3.05, 3.63) is 83.7 Å². The van der Waals surface area contributed by atoms with Gasteiger partial charge in [-0.2, -0.15) is 13.1 Å². The van der Waals surface area contributed by atoms with Gasteiger partial charge in [-0.05, 0) is 35.4 Å². The predicted molar refractivity (Wildman–Crippen MR) is 99.0 cm³/mol. The molecule has 0 atom stereocenters. The SMILES string of the molecule is O=S1(=O)NCc2cc(F)cc(-c3ccc(OCc4ccccc4)cc3)c2O1. The third-order valence-electron chi connectivity index (χ3n) is 4.18. The normalized spacial score (nSPS) is 14.9. The van der Waals surface area contributed by atoms with Gasteiger partial charge in [0.1, 0.15) is 18.2 Å². The minimum atomic E-state index is -3.88. The van der Waals surface area contributed by atoms with Crippen LogP contribution in [0.25, 0.3) is 11.1 Å². The first kappa shape index (κ1) is 17.5. The third kappa shape index (κ3) is 3.94. The highest BCUT2D eigenvalue weighted by Crippen LogP contribution is 2.37. The van der Waals surface area contributed by atoms with Gasteiger partial charge in [-0.1, -0.05) is 42.5 Å². The molecule has 27 heavy (non-hydrogen) atoms.